The summed E-state index contributed by atoms with van der Waals surface area (Å²) >= 11 is 0. The van der Waals surface area contributed by atoms with Crippen molar-refractivity contribution in [2.75, 3.05) is 13.1 Å². The number of aryl methyl sites for hydroxylation is 1. The molecular weight excluding hydrogens is 316 g/mol. The van der Waals surface area contributed by atoms with Gasteiger partial charge in [0, 0.05) is 56.4 Å². The number of Topliss-reactive ketones (excluding diaryl/α,β-unsaturated/α-hetero) is 1. The predicted octanol–water partition coefficient (Wildman–Crippen LogP) is 2.43. The monoisotopic (exact) mass is 340 g/mol. The first-order valence-electron chi connectivity index (χ1n) is 9.21. The fourth-order valence-corrected chi connectivity index (χ4v) is 4.26. The Morgan fingerprint density at radius 2 is 2.04 bits per heavy atom. The molecule has 6 nitrogen and oxygen atoms in total. The summed E-state index contributed by atoms with van der Waals surface area (Å²) in [6, 6.07) is 4.01. The van der Waals surface area contributed by atoms with Gasteiger partial charge in [-0.2, -0.15) is 5.10 Å². The molecule has 25 heavy (non-hydrogen) atoms. The van der Waals surface area contributed by atoms with Crippen molar-refractivity contribution >= 4 is 22.7 Å². The number of hydrogen-bond donors (Lipinski definition) is 0. The van der Waals surface area contributed by atoms with Crippen molar-refractivity contribution in [3.8, 4) is 0 Å². The average Bonchev–Trinajstić information content (AvgIpc) is 2.99. The number of amides is 1. The lowest BCUT2D eigenvalue weighted by Gasteiger charge is -2.35. The zero-order valence-corrected chi connectivity index (χ0v) is 14.6. The molecule has 2 aromatic rings. The highest BCUT2D eigenvalue weighted by Crippen LogP contribution is 2.32. The second kappa shape index (κ2) is 6.58. The van der Waals surface area contributed by atoms with Gasteiger partial charge in [0.05, 0.1) is 5.69 Å². The third-order valence-corrected chi connectivity index (χ3v) is 5.64. The molecule has 1 atom stereocenters. The van der Waals surface area contributed by atoms with Crippen LogP contribution in [0.4, 0.5) is 0 Å². The maximum atomic E-state index is 12.9. The quantitative estimate of drug-likeness (QED) is 0.842. The first-order valence-corrected chi connectivity index (χ1v) is 9.21. The van der Waals surface area contributed by atoms with E-state index in [1.54, 1.807) is 6.20 Å². The van der Waals surface area contributed by atoms with Gasteiger partial charge in [0.15, 0.2) is 5.65 Å². The molecule has 1 amide bonds. The average molecular weight is 340 g/mol. The molecule has 0 aromatic carbocycles. The SMILES string of the molecule is Cn1nc(C2CCCN(C(=O)C3CCC(=O)CC3)C2)c2cccnc21. The Labute approximate surface area is 147 Å². The molecule has 1 unspecified atom stereocenters. The summed E-state index contributed by atoms with van der Waals surface area (Å²) in [5.74, 6) is 0.818. The molecule has 1 aliphatic heterocycles. The van der Waals surface area contributed by atoms with Crippen molar-refractivity contribution in [2.45, 2.75) is 44.4 Å². The van der Waals surface area contributed by atoms with Crippen LogP contribution in [-0.4, -0.2) is 44.4 Å². The second-order valence-corrected chi connectivity index (χ2v) is 7.32. The van der Waals surface area contributed by atoms with Crippen LogP contribution in [0, 0.1) is 5.92 Å². The molecule has 1 saturated carbocycles. The third-order valence-electron chi connectivity index (χ3n) is 5.64. The molecule has 3 heterocycles. The summed E-state index contributed by atoms with van der Waals surface area (Å²) in [7, 11) is 1.92. The van der Waals surface area contributed by atoms with Gasteiger partial charge in [-0.05, 0) is 37.8 Å². The highest BCUT2D eigenvalue weighted by atomic mass is 16.2. The van der Waals surface area contributed by atoms with Crippen molar-refractivity contribution in [2.24, 2.45) is 13.0 Å². The zero-order chi connectivity index (χ0) is 17.4. The van der Waals surface area contributed by atoms with Crippen molar-refractivity contribution in [1.82, 2.24) is 19.7 Å². The Balaban J connectivity index is 1.52. The summed E-state index contributed by atoms with van der Waals surface area (Å²) in [5, 5.41) is 5.79. The standard InChI is InChI=1S/C19H24N4O2/c1-22-18-16(5-2-10-20-18)17(21-22)14-4-3-11-23(12-14)19(25)13-6-8-15(24)9-7-13/h2,5,10,13-14H,3-4,6-9,11-12H2,1H3. The number of ketones is 1. The Hall–Kier alpha value is -2.24. The Kier molecular flexibility index (Phi) is 4.27. The lowest BCUT2D eigenvalue weighted by molar-refractivity contribution is -0.138. The third kappa shape index (κ3) is 3.05. The topological polar surface area (TPSA) is 68.1 Å². The molecule has 0 spiro atoms. The molecule has 132 valence electrons. The second-order valence-electron chi connectivity index (χ2n) is 7.32. The molecule has 0 bridgehead atoms. The van der Waals surface area contributed by atoms with Crippen LogP contribution >= 0.6 is 0 Å². The molecule has 1 saturated heterocycles. The number of carbonyl (C=O) groups excluding carboxylic acids is 2. The summed E-state index contributed by atoms with van der Waals surface area (Å²) in [6.45, 7) is 1.55. The van der Waals surface area contributed by atoms with Crippen molar-refractivity contribution in [3.05, 3.63) is 24.0 Å². The van der Waals surface area contributed by atoms with Crippen LogP contribution in [0.5, 0.6) is 0 Å². The Morgan fingerprint density at radius 1 is 1.24 bits per heavy atom. The van der Waals surface area contributed by atoms with E-state index in [9.17, 15) is 9.59 Å². The van der Waals surface area contributed by atoms with Crippen molar-refractivity contribution in [3.63, 3.8) is 0 Å². The van der Waals surface area contributed by atoms with Gasteiger partial charge >= 0.3 is 0 Å². The number of piperidine rings is 1. The van der Waals surface area contributed by atoms with E-state index >= 15 is 0 Å². The minimum atomic E-state index is 0.0265. The maximum absolute atomic E-state index is 12.9. The number of carbonyl (C=O) groups is 2. The van der Waals surface area contributed by atoms with Gasteiger partial charge in [-0.1, -0.05) is 0 Å². The van der Waals surface area contributed by atoms with E-state index in [4.69, 9.17) is 5.10 Å². The highest BCUT2D eigenvalue weighted by Gasteiger charge is 2.33. The molecule has 4 rings (SSSR count). The maximum Gasteiger partial charge on any atom is 0.225 e. The van der Waals surface area contributed by atoms with Crippen LogP contribution in [-0.2, 0) is 16.6 Å². The lowest BCUT2D eigenvalue weighted by Crippen LogP contribution is -2.43. The number of rotatable bonds is 2. The summed E-state index contributed by atoms with van der Waals surface area (Å²) < 4.78 is 1.83. The van der Waals surface area contributed by atoms with Crippen molar-refractivity contribution in [1.29, 1.82) is 0 Å². The molecule has 2 aromatic heterocycles. The van der Waals surface area contributed by atoms with Crippen LogP contribution in [0.15, 0.2) is 18.3 Å². The van der Waals surface area contributed by atoms with Gasteiger partial charge in [0.25, 0.3) is 0 Å². The first kappa shape index (κ1) is 16.2. The highest BCUT2D eigenvalue weighted by molar-refractivity contribution is 5.85. The molecule has 2 aliphatic rings. The number of hydrogen-bond acceptors (Lipinski definition) is 4. The Morgan fingerprint density at radius 3 is 2.84 bits per heavy atom. The van der Waals surface area contributed by atoms with Gasteiger partial charge in [-0.15, -0.1) is 0 Å². The minimum Gasteiger partial charge on any atom is -0.342 e. The fourth-order valence-electron chi connectivity index (χ4n) is 4.26. The lowest BCUT2D eigenvalue weighted by atomic mass is 9.86. The van der Waals surface area contributed by atoms with E-state index in [0.29, 0.717) is 18.6 Å². The smallest absolute Gasteiger partial charge is 0.225 e. The van der Waals surface area contributed by atoms with Crippen LogP contribution in [0.3, 0.4) is 0 Å². The van der Waals surface area contributed by atoms with E-state index in [-0.39, 0.29) is 17.7 Å². The molecule has 0 radical (unpaired) electrons. The fraction of sp³-hybridized carbons (Fsp3) is 0.579. The number of nitrogens with zero attached hydrogens (tertiary/aromatic N) is 4. The summed E-state index contributed by atoms with van der Waals surface area (Å²) in [4.78, 5) is 30.7. The Bertz CT molecular complexity index is 803. The van der Waals surface area contributed by atoms with Gasteiger partial charge in [0.1, 0.15) is 5.78 Å². The van der Waals surface area contributed by atoms with Crippen LogP contribution in [0.25, 0.3) is 11.0 Å². The van der Waals surface area contributed by atoms with E-state index in [2.05, 4.69) is 11.1 Å². The first-order chi connectivity index (χ1) is 12.1. The van der Waals surface area contributed by atoms with Gasteiger partial charge in [0.2, 0.25) is 5.91 Å². The predicted molar refractivity (Wildman–Crippen MR) is 94.0 cm³/mol. The normalized spacial score (nSPS) is 22.5. The molecule has 2 fully saturated rings. The molecule has 1 aliphatic carbocycles. The number of likely N-dealkylation sites (tertiary alicyclic amines) is 1. The molecule has 6 heteroatoms. The van der Waals surface area contributed by atoms with E-state index in [1.807, 2.05) is 22.7 Å². The summed E-state index contributed by atoms with van der Waals surface area (Å²) in [5.41, 5.74) is 1.95. The van der Waals surface area contributed by atoms with Crippen LogP contribution in [0.1, 0.15) is 50.1 Å². The summed E-state index contributed by atoms with van der Waals surface area (Å²) in [6.07, 6.45) is 6.39. The van der Waals surface area contributed by atoms with E-state index in [1.165, 1.54) is 0 Å². The number of pyridine rings is 1. The zero-order valence-electron chi connectivity index (χ0n) is 14.6. The number of aromatic nitrogens is 3. The molecule has 0 N–H and O–H groups in total. The van der Waals surface area contributed by atoms with Crippen LogP contribution < -0.4 is 0 Å². The van der Waals surface area contributed by atoms with Crippen LogP contribution in [0.2, 0.25) is 0 Å². The molecular formula is C19H24N4O2. The van der Waals surface area contributed by atoms with Crippen molar-refractivity contribution < 1.29 is 9.59 Å². The van der Waals surface area contributed by atoms with E-state index in [0.717, 1.165) is 55.5 Å². The largest absolute Gasteiger partial charge is 0.342 e. The van der Waals surface area contributed by atoms with E-state index < -0.39 is 0 Å². The van der Waals surface area contributed by atoms with Gasteiger partial charge in [-0.3, -0.25) is 14.3 Å². The van der Waals surface area contributed by atoms with Gasteiger partial charge < -0.3 is 4.90 Å². The van der Waals surface area contributed by atoms with Gasteiger partial charge in [-0.25, -0.2) is 4.98 Å². The minimum absolute atomic E-state index is 0.0265. The number of fused-ring (bicyclic) bond motifs is 1.